The van der Waals surface area contributed by atoms with Crippen LogP contribution in [0.15, 0.2) is 54.7 Å². The van der Waals surface area contributed by atoms with E-state index in [-0.39, 0.29) is 0 Å². The van der Waals surface area contributed by atoms with Crippen molar-refractivity contribution >= 4 is 27.4 Å². The number of benzene rings is 1. The molecule has 3 aromatic rings. The summed E-state index contributed by atoms with van der Waals surface area (Å²) in [5.74, 6) is 1.06. The van der Waals surface area contributed by atoms with Crippen molar-refractivity contribution < 1.29 is 0 Å². The molecule has 0 amide bonds. The number of nitrogens with zero attached hydrogens (tertiary/aromatic N) is 3. The summed E-state index contributed by atoms with van der Waals surface area (Å²) >= 11 is 3.60. The molecule has 0 atom stereocenters. The van der Waals surface area contributed by atoms with E-state index in [2.05, 4.69) is 68.7 Å². The number of rotatable bonds is 5. The van der Waals surface area contributed by atoms with E-state index in [9.17, 15) is 0 Å². The van der Waals surface area contributed by atoms with E-state index in [1.54, 1.807) is 0 Å². The molecule has 0 spiro atoms. The van der Waals surface area contributed by atoms with E-state index in [1.165, 1.54) is 11.3 Å². The smallest absolute Gasteiger partial charge is 0.152 e. The molecule has 4 heteroatoms. The van der Waals surface area contributed by atoms with Crippen molar-refractivity contribution in [3.05, 3.63) is 66.0 Å². The highest BCUT2D eigenvalue weighted by Crippen LogP contribution is 2.25. The Morgan fingerprint density at radius 1 is 1.10 bits per heavy atom. The first kappa shape index (κ1) is 14.1. The highest BCUT2D eigenvalue weighted by atomic mass is 79.9. The summed E-state index contributed by atoms with van der Waals surface area (Å²) < 4.78 is 2.15. The number of hydrogen-bond donors (Lipinski definition) is 0. The van der Waals surface area contributed by atoms with Gasteiger partial charge in [0.05, 0.1) is 5.69 Å². The molecular formula is C17H18BrN3. The molecule has 0 radical (unpaired) electrons. The molecule has 108 valence electrons. The van der Waals surface area contributed by atoms with Crippen molar-refractivity contribution in [2.24, 2.45) is 0 Å². The fourth-order valence-corrected chi connectivity index (χ4v) is 3.07. The number of alkyl halides is 1. The van der Waals surface area contributed by atoms with E-state index in [0.717, 1.165) is 29.9 Å². The summed E-state index contributed by atoms with van der Waals surface area (Å²) in [6.07, 6.45) is 2.07. The molecule has 0 unspecified atom stereocenters. The van der Waals surface area contributed by atoms with E-state index < -0.39 is 0 Å². The van der Waals surface area contributed by atoms with Gasteiger partial charge in [-0.05, 0) is 24.6 Å². The predicted molar refractivity (Wildman–Crippen MR) is 91.0 cm³/mol. The monoisotopic (exact) mass is 343 g/mol. The first-order chi connectivity index (χ1) is 10.3. The molecular weight excluding hydrogens is 326 g/mol. The van der Waals surface area contributed by atoms with Gasteiger partial charge in [-0.25, -0.2) is 4.98 Å². The van der Waals surface area contributed by atoms with Gasteiger partial charge in [-0.3, -0.25) is 0 Å². The predicted octanol–water partition coefficient (Wildman–Crippen LogP) is 4.26. The summed E-state index contributed by atoms with van der Waals surface area (Å²) in [6.45, 7) is 3.98. The van der Waals surface area contributed by atoms with Crippen LogP contribution in [0.4, 0.5) is 5.82 Å². The van der Waals surface area contributed by atoms with Crippen molar-refractivity contribution in [2.45, 2.75) is 18.8 Å². The second-order valence-electron chi connectivity index (χ2n) is 4.94. The Kier molecular flexibility index (Phi) is 4.25. The van der Waals surface area contributed by atoms with E-state index in [0.29, 0.717) is 0 Å². The van der Waals surface area contributed by atoms with Crippen LogP contribution in [0, 0.1) is 0 Å². The SMILES string of the molecule is CCN(Cc1ccccc1)c1nc2ccccn2c1CBr. The van der Waals surface area contributed by atoms with Gasteiger partial charge in [0.2, 0.25) is 0 Å². The third-order valence-corrected chi connectivity index (χ3v) is 4.16. The normalized spacial score (nSPS) is 11.0. The maximum Gasteiger partial charge on any atom is 0.152 e. The number of halogens is 1. The topological polar surface area (TPSA) is 20.5 Å². The van der Waals surface area contributed by atoms with Crippen molar-refractivity contribution in [1.29, 1.82) is 0 Å². The summed E-state index contributed by atoms with van der Waals surface area (Å²) in [5, 5.41) is 0.790. The lowest BCUT2D eigenvalue weighted by molar-refractivity contribution is 0.812. The zero-order valence-corrected chi connectivity index (χ0v) is 13.6. The Labute approximate surface area is 133 Å². The minimum absolute atomic E-state index is 0.790. The second kappa shape index (κ2) is 6.31. The van der Waals surface area contributed by atoms with Crippen molar-refractivity contribution in [3.8, 4) is 0 Å². The van der Waals surface area contributed by atoms with Gasteiger partial charge in [0, 0.05) is 24.6 Å². The van der Waals surface area contributed by atoms with Gasteiger partial charge in [0.1, 0.15) is 5.65 Å². The average molecular weight is 344 g/mol. The van der Waals surface area contributed by atoms with Crippen LogP contribution < -0.4 is 4.90 Å². The van der Waals surface area contributed by atoms with Crippen LogP contribution >= 0.6 is 15.9 Å². The average Bonchev–Trinajstić information content (AvgIpc) is 2.92. The Morgan fingerprint density at radius 2 is 1.86 bits per heavy atom. The molecule has 0 N–H and O–H groups in total. The molecule has 0 aliphatic heterocycles. The largest absolute Gasteiger partial charge is 0.351 e. The van der Waals surface area contributed by atoms with Crippen molar-refractivity contribution in [3.63, 3.8) is 0 Å². The summed E-state index contributed by atoms with van der Waals surface area (Å²) in [4.78, 5) is 7.13. The zero-order chi connectivity index (χ0) is 14.7. The molecule has 0 aliphatic carbocycles. The molecule has 0 saturated carbocycles. The third-order valence-electron chi connectivity index (χ3n) is 3.63. The fourth-order valence-electron chi connectivity index (χ4n) is 2.55. The van der Waals surface area contributed by atoms with Crippen LogP contribution in [0.1, 0.15) is 18.2 Å². The zero-order valence-electron chi connectivity index (χ0n) is 12.0. The quantitative estimate of drug-likeness (QED) is 0.645. The van der Waals surface area contributed by atoms with Gasteiger partial charge in [0.25, 0.3) is 0 Å². The third kappa shape index (κ3) is 2.81. The minimum Gasteiger partial charge on any atom is -0.351 e. The van der Waals surface area contributed by atoms with Crippen molar-refractivity contribution in [1.82, 2.24) is 9.38 Å². The standard InChI is InChI=1S/C17H18BrN3/c1-2-20(13-14-8-4-3-5-9-14)17-15(12-18)21-11-7-6-10-16(21)19-17/h3-11H,2,12-13H2,1H3. The fraction of sp³-hybridized carbons (Fsp3) is 0.235. The van der Waals surface area contributed by atoms with Gasteiger partial charge in [-0.15, -0.1) is 0 Å². The molecule has 0 saturated heterocycles. The Balaban J connectivity index is 2.00. The van der Waals surface area contributed by atoms with Crippen LogP contribution in [-0.2, 0) is 11.9 Å². The lowest BCUT2D eigenvalue weighted by Crippen LogP contribution is -2.23. The lowest BCUT2D eigenvalue weighted by Gasteiger charge is -2.21. The number of anilines is 1. The van der Waals surface area contributed by atoms with Gasteiger partial charge in [-0.1, -0.05) is 52.3 Å². The molecule has 3 nitrogen and oxygen atoms in total. The Bertz CT molecular complexity index is 721. The second-order valence-corrected chi connectivity index (χ2v) is 5.51. The first-order valence-corrected chi connectivity index (χ1v) is 8.26. The highest BCUT2D eigenvalue weighted by molar-refractivity contribution is 9.08. The summed E-state index contributed by atoms with van der Waals surface area (Å²) in [5.41, 5.74) is 3.49. The van der Waals surface area contributed by atoms with E-state index in [1.807, 2.05) is 18.2 Å². The van der Waals surface area contributed by atoms with Crippen molar-refractivity contribution in [2.75, 3.05) is 11.4 Å². The molecule has 3 rings (SSSR count). The number of imidazole rings is 1. The number of fused-ring (bicyclic) bond motifs is 1. The molecule has 21 heavy (non-hydrogen) atoms. The Hall–Kier alpha value is -1.81. The van der Waals surface area contributed by atoms with Gasteiger partial charge >= 0.3 is 0 Å². The summed E-state index contributed by atoms with van der Waals surface area (Å²) in [7, 11) is 0. The maximum atomic E-state index is 4.81. The molecule has 2 aromatic heterocycles. The van der Waals surface area contributed by atoms with Crippen LogP contribution in [0.3, 0.4) is 0 Å². The number of hydrogen-bond acceptors (Lipinski definition) is 2. The first-order valence-electron chi connectivity index (χ1n) is 7.14. The molecule has 0 aliphatic rings. The molecule has 1 aromatic carbocycles. The highest BCUT2D eigenvalue weighted by Gasteiger charge is 2.16. The maximum absolute atomic E-state index is 4.81. The van der Waals surface area contributed by atoms with Gasteiger partial charge in [-0.2, -0.15) is 0 Å². The summed E-state index contributed by atoms with van der Waals surface area (Å²) in [6, 6.07) is 16.6. The number of aromatic nitrogens is 2. The molecule has 0 fully saturated rings. The van der Waals surface area contributed by atoms with Gasteiger partial charge in [0.15, 0.2) is 5.82 Å². The minimum atomic E-state index is 0.790. The number of pyridine rings is 1. The van der Waals surface area contributed by atoms with Crippen LogP contribution in [0.2, 0.25) is 0 Å². The molecule has 0 bridgehead atoms. The van der Waals surface area contributed by atoms with Gasteiger partial charge < -0.3 is 9.30 Å². The molecule has 2 heterocycles. The van der Waals surface area contributed by atoms with E-state index in [4.69, 9.17) is 4.98 Å². The van der Waals surface area contributed by atoms with Crippen LogP contribution in [0.5, 0.6) is 0 Å². The van der Waals surface area contributed by atoms with Crippen LogP contribution in [0.25, 0.3) is 5.65 Å². The van der Waals surface area contributed by atoms with Crippen LogP contribution in [-0.4, -0.2) is 15.9 Å². The lowest BCUT2D eigenvalue weighted by atomic mass is 10.2. The van der Waals surface area contributed by atoms with E-state index >= 15 is 0 Å². The Morgan fingerprint density at radius 3 is 2.57 bits per heavy atom.